The summed E-state index contributed by atoms with van der Waals surface area (Å²) in [6.07, 6.45) is 5.00. The van der Waals surface area contributed by atoms with Crippen molar-refractivity contribution in [2.24, 2.45) is 5.92 Å². The van der Waals surface area contributed by atoms with E-state index in [1.807, 2.05) is 18.2 Å². The number of benzene rings is 2. The molecule has 124 valence electrons. The van der Waals surface area contributed by atoms with Crippen LogP contribution in [0.5, 0.6) is 5.75 Å². The Morgan fingerprint density at radius 3 is 2.79 bits per heavy atom. The highest BCUT2D eigenvalue weighted by molar-refractivity contribution is 9.10. The number of halogens is 3. The smallest absolute Gasteiger partial charge is 0.149 e. The summed E-state index contributed by atoms with van der Waals surface area (Å²) in [5.41, 5.74) is 2.05. The Bertz CT molecular complexity index is 836. The van der Waals surface area contributed by atoms with Crippen LogP contribution in [0.3, 0.4) is 0 Å². The van der Waals surface area contributed by atoms with Crippen molar-refractivity contribution >= 4 is 21.6 Å². The van der Waals surface area contributed by atoms with E-state index in [1.54, 1.807) is 7.11 Å². The third-order valence-electron chi connectivity index (χ3n) is 4.91. The minimum absolute atomic E-state index is 0.000128. The second-order valence-corrected chi connectivity index (χ2v) is 7.13. The van der Waals surface area contributed by atoms with E-state index in [1.165, 1.54) is 6.07 Å². The van der Waals surface area contributed by atoms with Crippen molar-refractivity contribution in [1.82, 2.24) is 0 Å². The highest BCUT2D eigenvalue weighted by Crippen LogP contribution is 2.52. The first-order valence-electron chi connectivity index (χ1n) is 7.84. The Hall–Kier alpha value is -1.88. The van der Waals surface area contributed by atoms with Crippen LogP contribution in [0, 0.1) is 17.6 Å². The van der Waals surface area contributed by atoms with Gasteiger partial charge in [0.05, 0.1) is 18.8 Å². The van der Waals surface area contributed by atoms with Crippen molar-refractivity contribution < 1.29 is 13.5 Å². The number of anilines is 1. The zero-order chi connectivity index (χ0) is 16.8. The van der Waals surface area contributed by atoms with Crippen LogP contribution in [-0.4, -0.2) is 7.11 Å². The van der Waals surface area contributed by atoms with Crippen molar-refractivity contribution in [3.8, 4) is 5.75 Å². The molecule has 24 heavy (non-hydrogen) atoms. The first-order chi connectivity index (χ1) is 11.6. The lowest BCUT2D eigenvalue weighted by atomic mass is 9.76. The van der Waals surface area contributed by atoms with Crippen LogP contribution in [0.2, 0.25) is 0 Å². The summed E-state index contributed by atoms with van der Waals surface area (Å²) in [6.45, 7) is 0. The fourth-order valence-electron chi connectivity index (χ4n) is 3.88. The molecule has 1 aliphatic carbocycles. The van der Waals surface area contributed by atoms with Gasteiger partial charge in [-0.05, 0) is 42.2 Å². The molecule has 2 aromatic rings. The van der Waals surface area contributed by atoms with Gasteiger partial charge in [-0.2, -0.15) is 0 Å². The Morgan fingerprint density at radius 1 is 1.17 bits per heavy atom. The number of rotatable bonds is 2. The molecule has 0 spiro atoms. The quantitative estimate of drug-likeness (QED) is 0.676. The monoisotopic (exact) mass is 391 g/mol. The molecule has 0 fully saturated rings. The maximum Gasteiger partial charge on any atom is 0.149 e. The number of fused-ring (bicyclic) bond motifs is 3. The molecule has 3 unspecified atom stereocenters. The average Bonchev–Trinajstić information content (AvgIpc) is 3.04. The predicted octanol–water partition coefficient (Wildman–Crippen LogP) is 5.56. The van der Waals surface area contributed by atoms with Gasteiger partial charge in [0.15, 0.2) is 0 Å². The summed E-state index contributed by atoms with van der Waals surface area (Å²) < 4.78 is 34.5. The lowest BCUT2D eigenvalue weighted by molar-refractivity contribution is 0.378. The molecule has 0 saturated carbocycles. The summed E-state index contributed by atoms with van der Waals surface area (Å²) in [4.78, 5) is 0. The Kier molecular flexibility index (Phi) is 3.83. The van der Waals surface area contributed by atoms with Gasteiger partial charge >= 0.3 is 0 Å². The van der Waals surface area contributed by atoms with Gasteiger partial charge in [-0.3, -0.25) is 0 Å². The zero-order valence-electron chi connectivity index (χ0n) is 13.0. The zero-order valence-corrected chi connectivity index (χ0v) is 14.6. The molecular weight excluding hydrogens is 376 g/mol. The van der Waals surface area contributed by atoms with E-state index in [2.05, 4.69) is 33.4 Å². The number of nitrogens with one attached hydrogen (secondary N) is 1. The van der Waals surface area contributed by atoms with Gasteiger partial charge < -0.3 is 10.1 Å². The van der Waals surface area contributed by atoms with Gasteiger partial charge in [0, 0.05) is 22.0 Å². The summed E-state index contributed by atoms with van der Waals surface area (Å²) in [5.74, 6) is -0.136. The minimum atomic E-state index is -0.553. The number of hydrogen-bond acceptors (Lipinski definition) is 2. The standard InChI is InChI=1S/C19H16BrF2NO/c1-24-17-6-5-10(20)7-15(17)18-13-4-2-3-12(13)14-8-11(21)9-16(22)19(14)23-18/h2-3,5-9,12-13,18,23H,4H2,1H3. The molecule has 0 amide bonds. The van der Waals surface area contributed by atoms with E-state index < -0.39 is 11.6 Å². The van der Waals surface area contributed by atoms with Crippen molar-refractivity contribution in [1.29, 1.82) is 0 Å². The summed E-state index contributed by atoms with van der Waals surface area (Å²) in [5, 5.41) is 3.30. The highest BCUT2D eigenvalue weighted by atomic mass is 79.9. The topological polar surface area (TPSA) is 21.3 Å². The lowest BCUT2D eigenvalue weighted by Gasteiger charge is -2.38. The second kappa shape index (κ2) is 5.88. The second-order valence-electron chi connectivity index (χ2n) is 6.21. The van der Waals surface area contributed by atoms with Crippen LogP contribution in [0.4, 0.5) is 14.5 Å². The van der Waals surface area contributed by atoms with Crippen LogP contribution in [0.1, 0.15) is 29.5 Å². The van der Waals surface area contributed by atoms with Gasteiger partial charge in [0.1, 0.15) is 17.4 Å². The van der Waals surface area contributed by atoms with Crippen molar-refractivity contribution in [3.05, 3.63) is 69.7 Å². The first-order valence-corrected chi connectivity index (χ1v) is 8.63. The van der Waals surface area contributed by atoms with E-state index in [9.17, 15) is 8.78 Å². The maximum atomic E-state index is 14.4. The van der Waals surface area contributed by atoms with Crippen LogP contribution < -0.4 is 10.1 Å². The number of hydrogen-bond donors (Lipinski definition) is 1. The SMILES string of the molecule is COc1ccc(Br)cc1C1Nc2c(F)cc(F)cc2C2C=CCC21. The minimum Gasteiger partial charge on any atom is -0.496 e. The molecule has 0 saturated heterocycles. The van der Waals surface area contributed by atoms with Crippen LogP contribution in [0.15, 0.2) is 47.0 Å². The highest BCUT2D eigenvalue weighted by Gasteiger charge is 2.40. The largest absolute Gasteiger partial charge is 0.496 e. The van der Waals surface area contributed by atoms with Gasteiger partial charge in [-0.25, -0.2) is 8.78 Å². The normalized spacial score (nSPS) is 24.2. The van der Waals surface area contributed by atoms with E-state index in [-0.39, 0.29) is 17.9 Å². The number of ether oxygens (including phenoxy) is 1. The molecule has 1 aliphatic heterocycles. The van der Waals surface area contributed by atoms with E-state index in [0.717, 1.165) is 28.3 Å². The fourth-order valence-corrected chi connectivity index (χ4v) is 4.26. The molecule has 3 atom stereocenters. The third kappa shape index (κ3) is 2.42. The third-order valence-corrected chi connectivity index (χ3v) is 5.41. The Balaban J connectivity index is 1.86. The summed E-state index contributed by atoms with van der Waals surface area (Å²) in [7, 11) is 1.63. The molecule has 2 aliphatic rings. The van der Waals surface area contributed by atoms with Gasteiger partial charge in [0.25, 0.3) is 0 Å². The molecular formula is C19H16BrF2NO. The van der Waals surface area contributed by atoms with Crippen LogP contribution in [0.25, 0.3) is 0 Å². The molecule has 2 aromatic carbocycles. The molecule has 0 radical (unpaired) electrons. The molecule has 2 nitrogen and oxygen atoms in total. The fraction of sp³-hybridized carbons (Fsp3) is 0.263. The van der Waals surface area contributed by atoms with Gasteiger partial charge in [-0.1, -0.05) is 28.1 Å². The van der Waals surface area contributed by atoms with Gasteiger partial charge in [0.2, 0.25) is 0 Å². The first kappa shape index (κ1) is 15.6. The molecule has 4 rings (SSSR count). The molecule has 1 N–H and O–H groups in total. The Labute approximate surface area is 147 Å². The van der Waals surface area contributed by atoms with E-state index in [0.29, 0.717) is 11.3 Å². The van der Waals surface area contributed by atoms with Crippen molar-refractivity contribution in [2.45, 2.75) is 18.4 Å². The number of allylic oxidation sites excluding steroid dienone is 2. The van der Waals surface area contributed by atoms with E-state index >= 15 is 0 Å². The van der Waals surface area contributed by atoms with E-state index in [4.69, 9.17) is 4.74 Å². The molecule has 5 heteroatoms. The Morgan fingerprint density at radius 2 is 2.00 bits per heavy atom. The van der Waals surface area contributed by atoms with Crippen molar-refractivity contribution in [2.75, 3.05) is 12.4 Å². The van der Waals surface area contributed by atoms with Crippen molar-refractivity contribution in [3.63, 3.8) is 0 Å². The summed E-state index contributed by atoms with van der Waals surface area (Å²) >= 11 is 3.50. The van der Waals surface area contributed by atoms with Crippen LogP contribution in [-0.2, 0) is 0 Å². The molecule has 0 aromatic heterocycles. The average molecular weight is 392 g/mol. The molecule has 1 heterocycles. The summed E-state index contributed by atoms with van der Waals surface area (Å²) in [6, 6.07) is 8.07. The lowest BCUT2D eigenvalue weighted by Crippen LogP contribution is -2.30. The number of methoxy groups -OCH3 is 1. The predicted molar refractivity (Wildman–Crippen MR) is 93.4 cm³/mol. The molecule has 0 bridgehead atoms. The van der Waals surface area contributed by atoms with Gasteiger partial charge in [-0.15, -0.1) is 0 Å². The maximum absolute atomic E-state index is 14.4. The van der Waals surface area contributed by atoms with Crippen LogP contribution >= 0.6 is 15.9 Å².